The molecule has 2 aromatic heterocycles. The van der Waals surface area contributed by atoms with E-state index in [4.69, 9.17) is 9.72 Å². The van der Waals surface area contributed by atoms with Crippen molar-refractivity contribution < 1.29 is 9.53 Å². The van der Waals surface area contributed by atoms with Gasteiger partial charge in [0.2, 0.25) is 5.91 Å². The number of amides is 1. The molecule has 0 bridgehead atoms. The van der Waals surface area contributed by atoms with Crippen LogP contribution in [0.1, 0.15) is 31.2 Å². The van der Waals surface area contributed by atoms with Crippen molar-refractivity contribution >= 4 is 33.3 Å². The second-order valence-corrected chi connectivity index (χ2v) is 8.18. The van der Waals surface area contributed by atoms with Gasteiger partial charge < -0.3 is 15.0 Å². The average molecular weight is 411 g/mol. The Kier molecular flexibility index (Phi) is 5.94. The lowest BCUT2D eigenvalue weighted by Gasteiger charge is -2.32. The van der Waals surface area contributed by atoms with E-state index in [0.29, 0.717) is 6.54 Å². The molecule has 3 heterocycles. The van der Waals surface area contributed by atoms with Crippen LogP contribution in [-0.2, 0) is 17.8 Å². The predicted molar refractivity (Wildman–Crippen MR) is 117 cm³/mol. The number of nitrogens with one attached hydrogen (secondary N) is 1. The Morgan fingerprint density at radius 1 is 1.21 bits per heavy atom. The molecule has 0 radical (unpaired) electrons. The third kappa shape index (κ3) is 4.34. The topological polar surface area (TPSA) is 67.4 Å². The zero-order chi connectivity index (χ0) is 20.2. The summed E-state index contributed by atoms with van der Waals surface area (Å²) in [7, 11) is 1.65. The quantitative estimate of drug-likeness (QED) is 0.670. The lowest BCUT2D eigenvalue weighted by atomic mass is 9.95. The zero-order valence-corrected chi connectivity index (χ0v) is 17.7. The summed E-state index contributed by atoms with van der Waals surface area (Å²) < 4.78 is 5.17. The molecule has 4 rings (SSSR count). The Balaban J connectivity index is 1.35. The van der Waals surface area contributed by atoms with E-state index in [1.165, 1.54) is 0 Å². The molecule has 29 heavy (non-hydrogen) atoms. The van der Waals surface area contributed by atoms with Gasteiger partial charge in [0.1, 0.15) is 22.2 Å². The third-order valence-electron chi connectivity index (χ3n) is 5.46. The number of piperidine rings is 1. The van der Waals surface area contributed by atoms with Crippen LogP contribution in [0.25, 0.3) is 10.2 Å². The zero-order valence-electron chi connectivity index (χ0n) is 16.9. The Hall–Kier alpha value is -2.67. The van der Waals surface area contributed by atoms with Gasteiger partial charge in [0.05, 0.1) is 12.5 Å². The Bertz CT molecular complexity index is 978. The summed E-state index contributed by atoms with van der Waals surface area (Å²) in [5, 5.41) is 6.27. The van der Waals surface area contributed by atoms with Gasteiger partial charge in [0.25, 0.3) is 0 Å². The first kappa shape index (κ1) is 19.6. The molecule has 1 fully saturated rings. The summed E-state index contributed by atoms with van der Waals surface area (Å²) in [6, 6.07) is 9.89. The van der Waals surface area contributed by atoms with E-state index in [9.17, 15) is 4.79 Å². The van der Waals surface area contributed by atoms with Crippen molar-refractivity contribution in [1.29, 1.82) is 0 Å². The maximum Gasteiger partial charge on any atom is 0.223 e. The summed E-state index contributed by atoms with van der Waals surface area (Å²) in [6.45, 7) is 4.31. The van der Waals surface area contributed by atoms with E-state index in [1.54, 1.807) is 18.4 Å². The summed E-state index contributed by atoms with van der Waals surface area (Å²) >= 11 is 1.66. The second kappa shape index (κ2) is 8.78. The maximum absolute atomic E-state index is 12.6. The fourth-order valence-electron chi connectivity index (χ4n) is 3.71. The molecule has 0 spiro atoms. The fraction of sp³-hybridized carbons (Fsp3) is 0.409. The normalized spacial score (nSPS) is 14.9. The van der Waals surface area contributed by atoms with Gasteiger partial charge in [0.15, 0.2) is 0 Å². The van der Waals surface area contributed by atoms with Crippen LogP contribution in [-0.4, -0.2) is 36.1 Å². The number of rotatable bonds is 6. The van der Waals surface area contributed by atoms with Gasteiger partial charge in [-0.1, -0.05) is 19.1 Å². The van der Waals surface area contributed by atoms with Crippen molar-refractivity contribution in [3.63, 3.8) is 0 Å². The number of benzene rings is 1. The van der Waals surface area contributed by atoms with Crippen molar-refractivity contribution in [1.82, 2.24) is 15.3 Å². The molecular formula is C22H26N4O2S. The van der Waals surface area contributed by atoms with Crippen LogP contribution in [0.4, 0.5) is 5.82 Å². The number of nitrogens with zero attached hydrogens (tertiary/aromatic N) is 3. The SMILES string of the molecule is CCc1nc(N2CCC(C(=O)NCc3ccc(OC)cc3)CC2)c2ccsc2n1. The summed E-state index contributed by atoms with van der Waals surface area (Å²) in [5.41, 5.74) is 1.07. The Morgan fingerprint density at radius 3 is 2.66 bits per heavy atom. The predicted octanol–water partition coefficient (Wildman–Crippen LogP) is 3.80. The molecule has 6 nitrogen and oxygen atoms in total. The summed E-state index contributed by atoms with van der Waals surface area (Å²) in [6.07, 6.45) is 2.50. The van der Waals surface area contributed by atoms with Gasteiger partial charge in [-0.05, 0) is 42.0 Å². The standard InChI is InChI=1S/C22H26N4O2S/c1-3-19-24-20(18-10-13-29-22(18)25-19)26-11-8-16(9-12-26)21(27)23-14-15-4-6-17(28-2)7-5-15/h4-7,10,13,16H,3,8-9,11-12,14H2,1-2H3,(H,23,27). The van der Waals surface area contributed by atoms with Crippen molar-refractivity contribution in [2.45, 2.75) is 32.7 Å². The molecular weight excluding hydrogens is 384 g/mol. The molecule has 0 atom stereocenters. The number of aryl methyl sites for hydroxylation is 1. The Labute approximate surface area is 174 Å². The summed E-state index contributed by atoms with van der Waals surface area (Å²) in [5.74, 6) is 2.91. The van der Waals surface area contributed by atoms with Crippen molar-refractivity contribution in [2.24, 2.45) is 5.92 Å². The number of ether oxygens (including phenoxy) is 1. The number of fused-ring (bicyclic) bond motifs is 1. The van der Waals surface area contributed by atoms with E-state index in [0.717, 1.165) is 65.5 Å². The maximum atomic E-state index is 12.6. The van der Waals surface area contributed by atoms with Crippen molar-refractivity contribution in [3.8, 4) is 5.75 Å². The van der Waals surface area contributed by atoms with Gasteiger partial charge >= 0.3 is 0 Å². The highest BCUT2D eigenvalue weighted by atomic mass is 32.1. The van der Waals surface area contributed by atoms with Crippen molar-refractivity contribution in [2.75, 3.05) is 25.1 Å². The molecule has 1 aromatic carbocycles. The van der Waals surface area contributed by atoms with E-state index in [-0.39, 0.29) is 11.8 Å². The molecule has 1 aliphatic rings. The van der Waals surface area contributed by atoms with E-state index < -0.39 is 0 Å². The highest BCUT2D eigenvalue weighted by Gasteiger charge is 2.26. The van der Waals surface area contributed by atoms with Gasteiger partial charge in [-0.3, -0.25) is 4.79 Å². The van der Waals surface area contributed by atoms with Crippen LogP contribution >= 0.6 is 11.3 Å². The number of anilines is 1. The minimum absolute atomic E-state index is 0.0509. The first-order valence-corrected chi connectivity index (χ1v) is 11.0. The molecule has 7 heteroatoms. The molecule has 1 saturated heterocycles. The number of carbonyl (C=O) groups is 1. The fourth-order valence-corrected chi connectivity index (χ4v) is 4.49. The van der Waals surface area contributed by atoms with E-state index in [1.807, 2.05) is 24.3 Å². The highest BCUT2D eigenvalue weighted by molar-refractivity contribution is 7.16. The van der Waals surface area contributed by atoms with Gasteiger partial charge in [0, 0.05) is 32.0 Å². The van der Waals surface area contributed by atoms with Gasteiger partial charge in [-0.25, -0.2) is 9.97 Å². The third-order valence-corrected chi connectivity index (χ3v) is 6.27. The molecule has 3 aromatic rings. The van der Waals surface area contributed by atoms with Crippen LogP contribution in [0.5, 0.6) is 5.75 Å². The first-order valence-electron chi connectivity index (χ1n) is 10.1. The van der Waals surface area contributed by atoms with Crippen LogP contribution < -0.4 is 15.0 Å². The lowest BCUT2D eigenvalue weighted by molar-refractivity contribution is -0.125. The smallest absolute Gasteiger partial charge is 0.223 e. The second-order valence-electron chi connectivity index (χ2n) is 7.28. The van der Waals surface area contributed by atoms with Crippen LogP contribution in [0.15, 0.2) is 35.7 Å². The van der Waals surface area contributed by atoms with Crippen LogP contribution in [0.2, 0.25) is 0 Å². The minimum atomic E-state index is 0.0509. The minimum Gasteiger partial charge on any atom is -0.497 e. The molecule has 0 unspecified atom stereocenters. The van der Waals surface area contributed by atoms with Gasteiger partial charge in [-0.2, -0.15) is 0 Å². The molecule has 152 valence electrons. The van der Waals surface area contributed by atoms with Gasteiger partial charge in [-0.15, -0.1) is 11.3 Å². The Morgan fingerprint density at radius 2 is 1.97 bits per heavy atom. The van der Waals surface area contributed by atoms with E-state index in [2.05, 4.69) is 33.6 Å². The average Bonchev–Trinajstić information content (AvgIpc) is 3.26. The first-order chi connectivity index (χ1) is 14.2. The number of hydrogen-bond donors (Lipinski definition) is 1. The highest BCUT2D eigenvalue weighted by Crippen LogP contribution is 2.31. The number of thiophene rings is 1. The molecule has 1 aliphatic heterocycles. The number of hydrogen-bond acceptors (Lipinski definition) is 6. The molecule has 1 N–H and O–H groups in total. The van der Waals surface area contributed by atoms with E-state index >= 15 is 0 Å². The number of carbonyl (C=O) groups excluding carboxylic acids is 1. The monoisotopic (exact) mass is 410 g/mol. The van der Waals surface area contributed by atoms with Crippen molar-refractivity contribution in [3.05, 3.63) is 47.1 Å². The largest absolute Gasteiger partial charge is 0.497 e. The number of aromatic nitrogens is 2. The van der Waals surface area contributed by atoms with Crippen LogP contribution in [0, 0.1) is 5.92 Å². The molecule has 1 amide bonds. The summed E-state index contributed by atoms with van der Waals surface area (Å²) in [4.78, 5) is 25.4. The number of methoxy groups -OCH3 is 1. The van der Waals surface area contributed by atoms with Crippen LogP contribution in [0.3, 0.4) is 0 Å². The molecule has 0 aliphatic carbocycles. The lowest BCUT2D eigenvalue weighted by Crippen LogP contribution is -2.40. The molecule has 0 saturated carbocycles.